The van der Waals surface area contributed by atoms with Crippen LogP contribution in [0.1, 0.15) is 38.2 Å². The lowest BCUT2D eigenvalue weighted by atomic mass is 10.2. The average Bonchev–Trinajstić information content (AvgIpc) is 2.63. The van der Waals surface area contributed by atoms with Crippen LogP contribution in [0.25, 0.3) is 6.08 Å². The molecular weight excluding hydrogens is 243 g/mol. The number of benzene rings is 1. The third-order valence-corrected chi connectivity index (χ3v) is 2.82. The van der Waals surface area contributed by atoms with E-state index in [-0.39, 0.29) is 17.7 Å². The predicted octanol–water partition coefficient (Wildman–Crippen LogP) is 4.04. The standard InChI is InChI=1S/C9H9FO.C7H12O/c1-2-3-7-6-8(10)4-5-9(7)11;8-7-5-3-1-2-4-6-7/h2-6,11H,1H3;1,3,7-8H,2,4-6H2/b3-2+;. The smallest absolute Gasteiger partial charge is 0.124 e. The van der Waals surface area contributed by atoms with Crippen LogP contribution in [0, 0.1) is 5.82 Å². The van der Waals surface area contributed by atoms with E-state index in [1.165, 1.54) is 18.2 Å². The number of aliphatic hydroxyl groups excluding tert-OH is 1. The van der Waals surface area contributed by atoms with Crippen LogP contribution in [-0.2, 0) is 0 Å². The second kappa shape index (κ2) is 8.48. The van der Waals surface area contributed by atoms with Gasteiger partial charge in [-0.15, -0.1) is 0 Å². The van der Waals surface area contributed by atoms with Crippen molar-refractivity contribution in [2.45, 2.75) is 38.7 Å². The van der Waals surface area contributed by atoms with E-state index in [9.17, 15) is 4.39 Å². The Morgan fingerprint density at radius 2 is 2.11 bits per heavy atom. The summed E-state index contributed by atoms with van der Waals surface area (Å²) in [6.45, 7) is 1.81. The van der Waals surface area contributed by atoms with Crippen LogP contribution in [0.4, 0.5) is 4.39 Å². The summed E-state index contributed by atoms with van der Waals surface area (Å²) in [6.07, 6.45) is 11.7. The van der Waals surface area contributed by atoms with Crippen LogP contribution < -0.4 is 0 Å². The fraction of sp³-hybridized carbons (Fsp3) is 0.375. The highest BCUT2D eigenvalue weighted by Gasteiger charge is 2.02. The first-order valence-corrected chi connectivity index (χ1v) is 6.57. The van der Waals surface area contributed by atoms with Crippen LogP contribution >= 0.6 is 0 Å². The molecule has 1 unspecified atom stereocenters. The van der Waals surface area contributed by atoms with Crippen molar-refractivity contribution in [1.29, 1.82) is 0 Å². The molecule has 1 aliphatic rings. The van der Waals surface area contributed by atoms with Crippen molar-refractivity contribution in [3.8, 4) is 5.75 Å². The molecule has 0 saturated heterocycles. The number of phenols is 1. The predicted molar refractivity (Wildman–Crippen MR) is 76.4 cm³/mol. The van der Waals surface area contributed by atoms with E-state index < -0.39 is 0 Å². The van der Waals surface area contributed by atoms with E-state index in [1.807, 2.05) is 6.92 Å². The third-order valence-electron chi connectivity index (χ3n) is 2.82. The molecule has 1 aromatic rings. The second-order valence-electron chi connectivity index (χ2n) is 4.49. The summed E-state index contributed by atoms with van der Waals surface area (Å²) in [5.41, 5.74) is 0.507. The summed E-state index contributed by atoms with van der Waals surface area (Å²) in [7, 11) is 0. The lowest BCUT2D eigenvalue weighted by Gasteiger charge is -2.01. The van der Waals surface area contributed by atoms with Gasteiger partial charge in [-0.3, -0.25) is 0 Å². The van der Waals surface area contributed by atoms with E-state index >= 15 is 0 Å². The van der Waals surface area contributed by atoms with E-state index in [4.69, 9.17) is 10.2 Å². The molecule has 1 atom stereocenters. The molecule has 0 aromatic heterocycles. The van der Waals surface area contributed by atoms with Crippen molar-refractivity contribution in [2.75, 3.05) is 0 Å². The number of phenolic OH excluding ortho intramolecular Hbond substituents is 1. The molecule has 1 aliphatic carbocycles. The average molecular weight is 264 g/mol. The number of rotatable bonds is 1. The van der Waals surface area contributed by atoms with Crippen LogP contribution in [0.2, 0.25) is 0 Å². The van der Waals surface area contributed by atoms with Gasteiger partial charge in [0.15, 0.2) is 0 Å². The monoisotopic (exact) mass is 264 g/mol. The van der Waals surface area contributed by atoms with Crippen molar-refractivity contribution < 1.29 is 14.6 Å². The fourth-order valence-corrected chi connectivity index (χ4v) is 1.80. The number of allylic oxidation sites excluding steroid dienone is 2. The normalized spacial score (nSPS) is 18.8. The minimum Gasteiger partial charge on any atom is -0.507 e. The Hall–Kier alpha value is -1.61. The van der Waals surface area contributed by atoms with Crippen molar-refractivity contribution in [3.63, 3.8) is 0 Å². The molecule has 0 bridgehead atoms. The fourth-order valence-electron chi connectivity index (χ4n) is 1.80. The quantitative estimate of drug-likeness (QED) is 0.751. The number of hydrogen-bond donors (Lipinski definition) is 2. The lowest BCUT2D eigenvalue weighted by molar-refractivity contribution is 0.167. The van der Waals surface area contributed by atoms with Crippen LogP contribution in [-0.4, -0.2) is 16.3 Å². The molecule has 0 radical (unpaired) electrons. The Morgan fingerprint density at radius 3 is 2.84 bits per heavy atom. The van der Waals surface area contributed by atoms with Crippen LogP contribution in [0.3, 0.4) is 0 Å². The van der Waals surface area contributed by atoms with Gasteiger partial charge in [0.2, 0.25) is 0 Å². The van der Waals surface area contributed by atoms with Gasteiger partial charge in [-0.25, -0.2) is 4.39 Å². The molecule has 104 valence electrons. The Balaban J connectivity index is 0.000000200. The second-order valence-corrected chi connectivity index (χ2v) is 4.49. The zero-order chi connectivity index (χ0) is 14.1. The van der Waals surface area contributed by atoms with Gasteiger partial charge in [-0.2, -0.15) is 0 Å². The van der Waals surface area contributed by atoms with Gasteiger partial charge in [-0.1, -0.05) is 24.3 Å². The zero-order valence-corrected chi connectivity index (χ0v) is 11.2. The number of halogens is 1. The first-order chi connectivity index (χ1) is 9.13. The van der Waals surface area contributed by atoms with E-state index in [2.05, 4.69) is 12.2 Å². The lowest BCUT2D eigenvalue weighted by Crippen LogP contribution is -2.01. The number of hydrogen-bond acceptors (Lipinski definition) is 2. The summed E-state index contributed by atoms with van der Waals surface area (Å²) < 4.78 is 12.5. The maximum Gasteiger partial charge on any atom is 0.124 e. The van der Waals surface area contributed by atoms with Crippen molar-refractivity contribution in [3.05, 3.63) is 47.8 Å². The topological polar surface area (TPSA) is 40.5 Å². The zero-order valence-electron chi connectivity index (χ0n) is 11.2. The maximum absolute atomic E-state index is 12.5. The highest BCUT2D eigenvalue weighted by Crippen LogP contribution is 2.18. The van der Waals surface area contributed by atoms with Crippen molar-refractivity contribution in [2.24, 2.45) is 0 Å². The Morgan fingerprint density at radius 1 is 1.32 bits per heavy atom. The van der Waals surface area contributed by atoms with Gasteiger partial charge < -0.3 is 10.2 Å². The molecule has 19 heavy (non-hydrogen) atoms. The van der Waals surface area contributed by atoms with Gasteiger partial charge in [-0.05, 0) is 50.8 Å². The van der Waals surface area contributed by atoms with Gasteiger partial charge in [0, 0.05) is 5.56 Å². The minimum atomic E-state index is -0.337. The highest BCUT2D eigenvalue weighted by molar-refractivity contribution is 5.56. The Bertz CT molecular complexity index is 438. The van der Waals surface area contributed by atoms with E-state index in [0.717, 1.165) is 25.7 Å². The summed E-state index contributed by atoms with van der Waals surface area (Å²) in [4.78, 5) is 0. The van der Waals surface area contributed by atoms with Crippen LogP contribution in [0.15, 0.2) is 36.4 Å². The number of aromatic hydroxyl groups is 1. The van der Waals surface area contributed by atoms with Gasteiger partial charge in [0.05, 0.1) is 6.10 Å². The molecule has 2 nitrogen and oxygen atoms in total. The minimum absolute atomic E-state index is 0.0613. The summed E-state index contributed by atoms with van der Waals surface area (Å²) in [5.74, 6) is -0.236. The molecule has 0 amide bonds. The van der Waals surface area contributed by atoms with E-state index in [1.54, 1.807) is 12.2 Å². The highest BCUT2D eigenvalue weighted by atomic mass is 19.1. The van der Waals surface area contributed by atoms with Gasteiger partial charge in [0.25, 0.3) is 0 Å². The summed E-state index contributed by atoms with van der Waals surface area (Å²) in [6, 6.07) is 3.85. The molecule has 2 N–H and O–H groups in total. The van der Waals surface area contributed by atoms with Crippen molar-refractivity contribution >= 4 is 6.08 Å². The number of aliphatic hydroxyl groups is 1. The van der Waals surface area contributed by atoms with Gasteiger partial charge >= 0.3 is 0 Å². The molecule has 1 aromatic carbocycles. The molecule has 0 aliphatic heterocycles. The Kier molecular flexibility index (Phi) is 6.90. The SMILES string of the molecule is C/C=C/c1cc(F)ccc1O.OC1CC=CCCC1. The summed E-state index contributed by atoms with van der Waals surface area (Å²) in [5, 5.41) is 18.2. The first kappa shape index (κ1) is 15.4. The molecule has 3 heteroatoms. The molecule has 2 rings (SSSR count). The first-order valence-electron chi connectivity index (χ1n) is 6.57. The molecule has 0 spiro atoms. The van der Waals surface area contributed by atoms with Crippen molar-refractivity contribution in [1.82, 2.24) is 0 Å². The Labute approximate surface area is 113 Å². The maximum atomic E-state index is 12.5. The third kappa shape index (κ3) is 6.20. The van der Waals surface area contributed by atoms with Crippen LogP contribution in [0.5, 0.6) is 5.75 Å². The molecule has 0 heterocycles. The van der Waals surface area contributed by atoms with Gasteiger partial charge in [0.1, 0.15) is 11.6 Å². The largest absolute Gasteiger partial charge is 0.507 e. The molecular formula is C16H21FO2. The molecule has 0 fully saturated rings. The van der Waals surface area contributed by atoms with E-state index in [0.29, 0.717) is 5.56 Å². The summed E-state index contributed by atoms with van der Waals surface area (Å²) >= 11 is 0. The molecule has 0 saturated carbocycles.